The molecule has 2 atom stereocenters. The molecule has 8 heteroatoms. The van der Waals surface area contributed by atoms with E-state index in [1.165, 1.54) is 18.4 Å². The number of benzene rings is 2. The summed E-state index contributed by atoms with van der Waals surface area (Å²) in [7, 11) is 2.24. The molecule has 1 aliphatic carbocycles. The Labute approximate surface area is 278 Å². The van der Waals surface area contributed by atoms with E-state index in [0.29, 0.717) is 43.1 Å². The summed E-state index contributed by atoms with van der Waals surface area (Å²) in [5, 5.41) is 0. The van der Waals surface area contributed by atoms with E-state index < -0.39 is 0 Å². The van der Waals surface area contributed by atoms with Crippen LogP contribution in [0.3, 0.4) is 0 Å². The lowest BCUT2D eigenvalue weighted by Gasteiger charge is -2.35. The van der Waals surface area contributed by atoms with Gasteiger partial charge in [-0.3, -0.25) is 14.3 Å². The molecular weight excluding hydrogens is 584 g/mol. The molecule has 0 amide bonds. The predicted octanol–water partition coefficient (Wildman–Crippen LogP) is 5.00. The van der Waals surface area contributed by atoms with E-state index in [1.807, 2.05) is 48.7 Å². The van der Waals surface area contributed by atoms with Crippen LogP contribution >= 0.6 is 0 Å². The highest BCUT2D eigenvalue weighted by Gasteiger charge is 2.37. The molecule has 47 heavy (non-hydrogen) atoms. The Bertz CT molecular complexity index is 1670. The highest BCUT2D eigenvalue weighted by atomic mass is 16.1. The van der Waals surface area contributed by atoms with Crippen LogP contribution in [0.25, 0.3) is 17.3 Å². The Kier molecular flexibility index (Phi) is 10.7. The Morgan fingerprint density at radius 2 is 1.66 bits per heavy atom. The van der Waals surface area contributed by atoms with Crippen molar-refractivity contribution < 1.29 is 4.79 Å². The topological polar surface area (TPSA) is 110 Å². The lowest BCUT2D eigenvalue weighted by molar-refractivity contribution is 0.104. The molecule has 2 unspecified atom stereocenters. The van der Waals surface area contributed by atoms with Gasteiger partial charge < -0.3 is 16.4 Å². The second kappa shape index (κ2) is 15.3. The number of nitrogens with two attached hydrogens (primary N) is 2. The third-order valence-electron chi connectivity index (χ3n) is 10.1. The van der Waals surface area contributed by atoms with Crippen molar-refractivity contribution in [2.75, 3.05) is 33.2 Å². The third-order valence-corrected chi connectivity index (χ3v) is 10.1. The van der Waals surface area contributed by atoms with Crippen molar-refractivity contribution in [3.8, 4) is 5.69 Å². The summed E-state index contributed by atoms with van der Waals surface area (Å²) in [4.78, 5) is 35.5. The van der Waals surface area contributed by atoms with Gasteiger partial charge in [-0.05, 0) is 119 Å². The fourth-order valence-electron chi connectivity index (χ4n) is 7.34. The SMILES string of the molecule is CN1C2CCC1CC(/C=C/C(=O)c1ccc(C3=Cc4cn(-c5ccc(CN(CCCN)CCCN)cc5)c(=O)nc4CC=C3)cc1)C2. The van der Waals surface area contributed by atoms with Crippen LogP contribution in [0.1, 0.15) is 71.3 Å². The second-order valence-corrected chi connectivity index (χ2v) is 13.3. The van der Waals surface area contributed by atoms with Crippen molar-refractivity contribution in [1.82, 2.24) is 19.4 Å². The molecule has 1 aromatic heterocycles. The van der Waals surface area contributed by atoms with Crippen molar-refractivity contribution in [1.29, 1.82) is 0 Å². The summed E-state index contributed by atoms with van der Waals surface area (Å²) in [6, 6.07) is 17.3. The van der Waals surface area contributed by atoms with E-state index in [1.54, 1.807) is 10.6 Å². The molecule has 3 aromatic rings. The zero-order valence-corrected chi connectivity index (χ0v) is 27.6. The first-order chi connectivity index (χ1) is 22.9. The van der Waals surface area contributed by atoms with Crippen LogP contribution in [0.4, 0.5) is 0 Å². The lowest BCUT2D eigenvalue weighted by atomic mass is 9.90. The molecule has 2 fully saturated rings. The van der Waals surface area contributed by atoms with Crippen molar-refractivity contribution in [2.45, 2.75) is 63.6 Å². The molecule has 2 bridgehead atoms. The van der Waals surface area contributed by atoms with Crippen LogP contribution in [0, 0.1) is 5.92 Å². The minimum atomic E-state index is -0.293. The van der Waals surface area contributed by atoms with E-state index in [9.17, 15) is 9.59 Å². The molecular formula is C39H48N6O2. The fraction of sp³-hybridized carbons (Fsp3) is 0.410. The largest absolute Gasteiger partial charge is 0.352 e. The van der Waals surface area contributed by atoms with Gasteiger partial charge in [-0.15, -0.1) is 0 Å². The zero-order valence-electron chi connectivity index (χ0n) is 27.6. The van der Waals surface area contributed by atoms with Gasteiger partial charge in [0.1, 0.15) is 0 Å². The first-order valence-corrected chi connectivity index (χ1v) is 17.2. The van der Waals surface area contributed by atoms with E-state index in [4.69, 9.17) is 11.5 Å². The number of rotatable bonds is 13. The van der Waals surface area contributed by atoms with E-state index in [0.717, 1.165) is 73.4 Å². The Hall–Kier alpha value is -3.95. The molecule has 2 saturated heterocycles. The molecule has 0 spiro atoms. The molecule has 2 aliphatic heterocycles. The standard InChI is InChI=1S/C39H48N6O2/c1-43-35-16-17-36(43)24-29(23-35)9-18-38(46)31-12-10-30(11-13-31)32-5-2-6-37-33(25-32)27-45(39(47)42-37)34-14-7-28(8-15-34)26-44(21-3-19-40)22-4-20-41/h2,5,7-15,18,25,27,29,35-36H,3-4,6,16-17,19-24,26,40-41H2,1H3/b18-9+. The molecule has 3 heterocycles. The van der Waals surface area contributed by atoms with Gasteiger partial charge in [0, 0.05) is 42.4 Å². The number of ketones is 1. The molecule has 3 aliphatic rings. The monoisotopic (exact) mass is 632 g/mol. The van der Waals surface area contributed by atoms with Gasteiger partial charge in [0.25, 0.3) is 0 Å². The van der Waals surface area contributed by atoms with Crippen molar-refractivity contribution in [2.24, 2.45) is 17.4 Å². The Morgan fingerprint density at radius 3 is 2.32 bits per heavy atom. The van der Waals surface area contributed by atoms with Crippen LogP contribution in [-0.2, 0) is 13.0 Å². The number of hydrogen-bond acceptors (Lipinski definition) is 7. The zero-order chi connectivity index (χ0) is 32.8. The van der Waals surface area contributed by atoms with Crippen LogP contribution in [0.5, 0.6) is 0 Å². The van der Waals surface area contributed by atoms with E-state index >= 15 is 0 Å². The average molecular weight is 633 g/mol. The van der Waals surface area contributed by atoms with Crippen LogP contribution in [-0.4, -0.2) is 70.4 Å². The number of aromatic nitrogens is 2. The van der Waals surface area contributed by atoms with Crippen molar-refractivity contribution in [3.05, 3.63) is 117 Å². The van der Waals surface area contributed by atoms with Gasteiger partial charge in [0.2, 0.25) is 0 Å². The van der Waals surface area contributed by atoms with Crippen LogP contribution < -0.4 is 17.2 Å². The van der Waals surface area contributed by atoms with Crippen LogP contribution in [0.15, 0.2) is 83.8 Å². The number of allylic oxidation sites excluding steroid dienone is 5. The summed E-state index contributed by atoms with van der Waals surface area (Å²) in [5.74, 6) is 0.539. The summed E-state index contributed by atoms with van der Waals surface area (Å²) in [5.41, 5.74) is 17.5. The summed E-state index contributed by atoms with van der Waals surface area (Å²) in [6.45, 7) is 4.02. The number of fused-ring (bicyclic) bond motifs is 3. The van der Waals surface area contributed by atoms with Crippen molar-refractivity contribution in [3.63, 3.8) is 0 Å². The minimum Gasteiger partial charge on any atom is -0.330 e. The molecule has 0 radical (unpaired) electrons. The maximum Gasteiger partial charge on any atom is 0.352 e. The molecule has 2 aromatic carbocycles. The molecule has 4 N–H and O–H groups in total. The number of nitrogens with zero attached hydrogens (tertiary/aromatic N) is 4. The van der Waals surface area contributed by atoms with E-state index in [2.05, 4.69) is 52.2 Å². The van der Waals surface area contributed by atoms with Gasteiger partial charge >= 0.3 is 5.69 Å². The number of hydrogen-bond donors (Lipinski definition) is 2. The smallest absolute Gasteiger partial charge is 0.330 e. The minimum absolute atomic E-state index is 0.0524. The normalized spacial score (nSPS) is 20.9. The van der Waals surface area contributed by atoms with Gasteiger partial charge in [-0.25, -0.2) is 4.79 Å². The quantitative estimate of drug-likeness (QED) is 0.202. The number of carbonyl (C=O) groups excluding carboxylic acids is 1. The van der Waals surface area contributed by atoms with Gasteiger partial charge in [0.15, 0.2) is 5.78 Å². The Morgan fingerprint density at radius 1 is 0.979 bits per heavy atom. The first kappa shape index (κ1) is 33.0. The molecule has 246 valence electrons. The maximum atomic E-state index is 13.1. The first-order valence-electron chi connectivity index (χ1n) is 17.2. The van der Waals surface area contributed by atoms with Gasteiger partial charge in [-0.2, -0.15) is 4.98 Å². The van der Waals surface area contributed by atoms with Gasteiger partial charge in [-0.1, -0.05) is 54.6 Å². The second-order valence-electron chi connectivity index (χ2n) is 13.3. The third kappa shape index (κ3) is 7.96. The highest BCUT2D eigenvalue weighted by molar-refractivity contribution is 6.04. The molecule has 8 nitrogen and oxygen atoms in total. The maximum absolute atomic E-state index is 13.1. The summed E-state index contributed by atoms with van der Waals surface area (Å²) in [6.07, 6.45) is 19.3. The van der Waals surface area contributed by atoms with Gasteiger partial charge in [0.05, 0.1) is 11.4 Å². The number of carbonyl (C=O) groups is 1. The molecule has 0 saturated carbocycles. The van der Waals surface area contributed by atoms with Crippen molar-refractivity contribution >= 4 is 17.4 Å². The highest BCUT2D eigenvalue weighted by Crippen LogP contribution is 2.38. The lowest BCUT2D eigenvalue weighted by Crippen LogP contribution is -2.39. The fourth-order valence-corrected chi connectivity index (χ4v) is 7.34. The summed E-state index contributed by atoms with van der Waals surface area (Å²) >= 11 is 0. The average Bonchev–Trinajstić information content (AvgIpc) is 3.24. The number of piperidine rings is 1. The van der Waals surface area contributed by atoms with Crippen LogP contribution in [0.2, 0.25) is 0 Å². The molecule has 6 rings (SSSR count). The predicted molar refractivity (Wildman–Crippen MR) is 190 cm³/mol. The Balaban J connectivity index is 1.15. The van der Waals surface area contributed by atoms with E-state index in [-0.39, 0.29) is 11.5 Å². The summed E-state index contributed by atoms with van der Waals surface area (Å²) < 4.78 is 1.62.